The van der Waals surface area contributed by atoms with Crippen molar-refractivity contribution in [1.82, 2.24) is 0 Å². The smallest absolute Gasteiger partial charge is 0.341 e. The first kappa shape index (κ1) is 16.7. The highest BCUT2D eigenvalue weighted by molar-refractivity contribution is 9.10. The van der Waals surface area contributed by atoms with E-state index < -0.39 is 5.97 Å². The highest BCUT2D eigenvalue weighted by atomic mass is 79.9. The van der Waals surface area contributed by atoms with Crippen LogP contribution >= 0.6 is 27.3 Å². The Kier molecular flexibility index (Phi) is 4.97. The van der Waals surface area contributed by atoms with E-state index in [-0.39, 0.29) is 12.5 Å². The fourth-order valence-electron chi connectivity index (χ4n) is 2.33. The van der Waals surface area contributed by atoms with E-state index in [9.17, 15) is 9.59 Å². The molecule has 6 heteroatoms. The maximum Gasteiger partial charge on any atom is 0.341 e. The van der Waals surface area contributed by atoms with Crippen molar-refractivity contribution < 1.29 is 14.3 Å². The second-order valence-electron chi connectivity index (χ2n) is 4.99. The molecule has 3 aromatic rings. The summed E-state index contributed by atoms with van der Waals surface area (Å²) in [6, 6.07) is 14.5. The van der Waals surface area contributed by atoms with Crippen LogP contribution in [0.2, 0.25) is 0 Å². The molecule has 0 aliphatic heterocycles. The first-order valence-corrected chi connectivity index (χ1v) is 8.96. The van der Waals surface area contributed by atoms with Crippen molar-refractivity contribution in [3.05, 3.63) is 64.1 Å². The number of hydrogen-bond acceptors (Lipinski definition) is 4. The standard InChI is InChI=1S/C18H14BrNO3S/c1-2-23-18(22)15-13-9-8-12(19)10-14(13)24-17(15)20-16(21)11-6-4-3-5-7-11/h3-10H,2H2,1H3,(H,20,21). The van der Waals surface area contributed by atoms with Crippen LogP contribution in [0.1, 0.15) is 27.6 Å². The number of benzene rings is 2. The van der Waals surface area contributed by atoms with Crippen LogP contribution in [0.5, 0.6) is 0 Å². The third-order valence-corrected chi connectivity index (χ3v) is 4.96. The van der Waals surface area contributed by atoms with E-state index in [1.165, 1.54) is 11.3 Å². The van der Waals surface area contributed by atoms with Crippen molar-refractivity contribution in [3.63, 3.8) is 0 Å². The Morgan fingerprint density at radius 3 is 2.62 bits per heavy atom. The van der Waals surface area contributed by atoms with Gasteiger partial charge in [-0.2, -0.15) is 0 Å². The Morgan fingerprint density at radius 2 is 1.92 bits per heavy atom. The number of nitrogens with one attached hydrogen (secondary N) is 1. The normalized spacial score (nSPS) is 10.6. The number of halogens is 1. The number of amides is 1. The third kappa shape index (κ3) is 3.34. The average Bonchev–Trinajstić information content (AvgIpc) is 2.92. The molecule has 24 heavy (non-hydrogen) atoms. The van der Waals surface area contributed by atoms with E-state index in [1.54, 1.807) is 31.2 Å². The van der Waals surface area contributed by atoms with Gasteiger partial charge in [0, 0.05) is 20.1 Å². The molecule has 0 saturated carbocycles. The lowest BCUT2D eigenvalue weighted by Gasteiger charge is -2.06. The van der Waals surface area contributed by atoms with Gasteiger partial charge in [0.15, 0.2) is 0 Å². The highest BCUT2D eigenvalue weighted by Gasteiger charge is 2.22. The number of hydrogen-bond donors (Lipinski definition) is 1. The molecule has 0 atom stereocenters. The van der Waals surface area contributed by atoms with Crippen LogP contribution in [0.3, 0.4) is 0 Å². The van der Waals surface area contributed by atoms with Gasteiger partial charge in [0.05, 0.1) is 6.61 Å². The number of anilines is 1. The molecule has 4 nitrogen and oxygen atoms in total. The SMILES string of the molecule is CCOC(=O)c1c(NC(=O)c2ccccc2)sc2cc(Br)ccc12. The summed E-state index contributed by atoms with van der Waals surface area (Å²) in [5.74, 6) is -0.693. The number of ether oxygens (including phenoxy) is 1. The van der Waals surface area contributed by atoms with Crippen molar-refractivity contribution in [3.8, 4) is 0 Å². The summed E-state index contributed by atoms with van der Waals surface area (Å²) in [6.45, 7) is 2.03. The number of esters is 1. The molecule has 3 rings (SSSR count). The number of rotatable bonds is 4. The minimum atomic E-state index is -0.436. The Balaban J connectivity index is 2.04. The lowest BCUT2D eigenvalue weighted by Crippen LogP contribution is -2.14. The predicted octanol–water partition coefficient (Wildman–Crippen LogP) is 5.09. The molecule has 0 aliphatic carbocycles. The van der Waals surface area contributed by atoms with Gasteiger partial charge in [-0.05, 0) is 31.2 Å². The second-order valence-corrected chi connectivity index (χ2v) is 6.96. The first-order chi connectivity index (χ1) is 11.6. The predicted molar refractivity (Wildman–Crippen MR) is 99.9 cm³/mol. The summed E-state index contributed by atoms with van der Waals surface area (Å²) in [7, 11) is 0. The molecule has 0 bridgehead atoms. The fourth-order valence-corrected chi connectivity index (χ4v) is 3.97. The van der Waals surface area contributed by atoms with Gasteiger partial charge in [-0.1, -0.05) is 40.2 Å². The van der Waals surface area contributed by atoms with Crippen molar-refractivity contribution in [1.29, 1.82) is 0 Å². The zero-order chi connectivity index (χ0) is 17.1. The lowest BCUT2D eigenvalue weighted by molar-refractivity contribution is 0.0530. The molecule has 1 amide bonds. The van der Waals surface area contributed by atoms with Gasteiger partial charge in [0.1, 0.15) is 10.6 Å². The summed E-state index contributed by atoms with van der Waals surface area (Å²) in [5.41, 5.74) is 0.930. The Labute approximate surface area is 151 Å². The van der Waals surface area contributed by atoms with Crippen LogP contribution < -0.4 is 5.32 Å². The minimum absolute atomic E-state index is 0.258. The third-order valence-electron chi connectivity index (χ3n) is 3.39. The van der Waals surface area contributed by atoms with E-state index in [4.69, 9.17) is 4.74 Å². The van der Waals surface area contributed by atoms with Gasteiger partial charge in [0.2, 0.25) is 0 Å². The van der Waals surface area contributed by atoms with Crippen LogP contribution in [-0.2, 0) is 4.74 Å². The zero-order valence-corrected chi connectivity index (χ0v) is 15.2. The van der Waals surface area contributed by atoms with Gasteiger partial charge in [-0.3, -0.25) is 4.79 Å². The first-order valence-electron chi connectivity index (χ1n) is 7.35. The molecule has 0 spiro atoms. The molecule has 122 valence electrons. The van der Waals surface area contributed by atoms with E-state index in [0.29, 0.717) is 16.1 Å². The molecule has 2 aromatic carbocycles. The summed E-state index contributed by atoms with van der Waals surface area (Å²) < 4.78 is 6.97. The molecule has 1 N–H and O–H groups in total. The summed E-state index contributed by atoms with van der Waals surface area (Å²) in [5, 5.41) is 4.10. The molecule has 0 saturated heterocycles. The van der Waals surface area contributed by atoms with Crippen molar-refractivity contribution in [2.45, 2.75) is 6.92 Å². The van der Waals surface area contributed by atoms with Crippen LogP contribution in [0.25, 0.3) is 10.1 Å². The number of thiophene rings is 1. The highest BCUT2D eigenvalue weighted by Crippen LogP contribution is 2.37. The fraction of sp³-hybridized carbons (Fsp3) is 0.111. The van der Waals surface area contributed by atoms with Crippen molar-refractivity contribution in [2.24, 2.45) is 0 Å². The van der Waals surface area contributed by atoms with Gasteiger partial charge >= 0.3 is 5.97 Å². The number of carbonyl (C=O) groups excluding carboxylic acids is 2. The molecule has 1 aromatic heterocycles. The van der Waals surface area contributed by atoms with Crippen molar-refractivity contribution in [2.75, 3.05) is 11.9 Å². The van der Waals surface area contributed by atoms with Crippen LogP contribution in [-0.4, -0.2) is 18.5 Å². The Morgan fingerprint density at radius 1 is 1.17 bits per heavy atom. The van der Waals surface area contributed by atoms with Gasteiger partial charge in [-0.25, -0.2) is 4.79 Å². The van der Waals surface area contributed by atoms with E-state index in [1.807, 2.05) is 24.3 Å². The molecule has 0 fully saturated rings. The number of fused-ring (bicyclic) bond motifs is 1. The van der Waals surface area contributed by atoms with Gasteiger partial charge in [-0.15, -0.1) is 11.3 Å². The Hall–Kier alpha value is -2.18. The topological polar surface area (TPSA) is 55.4 Å². The molecule has 0 unspecified atom stereocenters. The lowest BCUT2D eigenvalue weighted by atomic mass is 10.1. The van der Waals surface area contributed by atoms with Gasteiger partial charge in [0.25, 0.3) is 5.91 Å². The molecular weight excluding hydrogens is 390 g/mol. The van der Waals surface area contributed by atoms with Gasteiger partial charge < -0.3 is 10.1 Å². The summed E-state index contributed by atoms with van der Waals surface area (Å²) >= 11 is 4.78. The minimum Gasteiger partial charge on any atom is -0.462 e. The molecule has 0 aliphatic rings. The van der Waals surface area contributed by atoms with Crippen LogP contribution in [0.4, 0.5) is 5.00 Å². The zero-order valence-electron chi connectivity index (χ0n) is 12.8. The van der Waals surface area contributed by atoms with E-state index in [0.717, 1.165) is 14.6 Å². The maximum absolute atomic E-state index is 12.4. The van der Waals surface area contributed by atoms with Crippen LogP contribution in [0.15, 0.2) is 53.0 Å². The van der Waals surface area contributed by atoms with Crippen LogP contribution in [0, 0.1) is 0 Å². The summed E-state index contributed by atoms with van der Waals surface area (Å²) in [6.07, 6.45) is 0. The largest absolute Gasteiger partial charge is 0.462 e. The maximum atomic E-state index is 12.4. The summed E-state index contributed by atoms with van der Waals surface area (Å²) in [4.78, 5) is 24.8. The van der Waals surface area contributed by atoms with E-state index >= 15 is 0 Å². The molecule has 0 radical (unpaired) electrons. The van der Waals surface area contributed by atoms with Crippen molar-refractivity contribution >= 4 is 54.2 Å². The molecule has 1 heterocycles. The quantitative estimate of drug-likeness (QED) is 0.616. The molecular formula is C18H14BrNO3S. The number of carbonyl (C=O) groups is 2. The second kappa shape index (κ2) is 7.15. The average molecular weight is 404 g/mol. The Bertz CT molecular complexity index is 905. The monoisotopic (exact) mass is 403 g/mol. The van der Waals surface area contributed by atoms with E-state index in [2.05, 4.69) is 21.2 Å².